The minimum atomic E-state index is -0.420. The molecule has 0 bridgehead atoms. The molecule has 0 radical (unpaired) electrons. The molecule has 3 atom stereocenters. The van der Waals surface area contributed by atoms with Gasteiger partial charge in [-0.15, -0.1) is 0 Å². The van der Waals surface area contributed by atoms with Gasteiger partial charge in [-0.25, -0.2) is 0 Å². The molecule has 0 aliphatic heterocycles. The van der Waals surface area contributed by atoms with Gasteiger partial charge in [-0.3, -0.25) is 0 Å². The Balaban J connectivity index is 1.74. The molecule has 0 amide bonds. The normalized spacial score (nSPS) is 15.0. The molecule has 0 heterocycles. The van der Waals surface area contributed by atoms with Gasteiger partial charge in [0.1, 0.15) is 0 Å². The topological polar surface area (TPSA) is 38.7 Å². The number of aliphatic hydroxyl groups is 1. The van der Waals surface area contributed by atoms with Gasteiger partial charge in [-0.1, -0.05) is 60.7 Å². The summed E-state index contributed by atoms with van der Waals surface area (Å²) in [5.74, 6) is 0.0597. The molecule has 0 aliphatic rings. The van der Waals surface area contributed by atoms with E-state index in [9.17, 15) is 5.11 Å². The first-order chi connectivity index (χ1) is 11.7. The van der Waals surface area contributed by atoms with Crippen molar-refractivity contribution in [2.45, 2.75) is 45.7 Å². The van der Waals surface area contributed by atoms with E-state index in [-0.39, 0.29) is 12.0 Å². The van der Waals surface area contributed by atoms with Gasteiger partial charge in [0, 0.05) is 12.5 Å². The number of rotatable bonds is 10. The fourth-order valence-corrected chi connectivity index (χ4v) is 2.78. The first kappa shape index (κ1) is 18.7. The summed E-state index contributed by atoms with van der Waals surface area (Å²) in [5.41, 5.74) is 2.31. The number of benzene rings is 2. The highest BCUT2D eigenvalue weighted by Gasteiger charge is 2.22. The van der Waals surface area contributed by atoms with Crippen molar-refractivity contribution in [3.05, 3.63) is 71.8 Å². The Kier molecular flexibility index (Phi) is 7.96. The minimum Gasteiger partial charge on any atom is -0.393 e. The molecule has 2 aromatic rings. The van der Waals surface area contributed by atoms with E-state index in [4.69, 9.17) is 9.47 Å². The highest BCUT2D eigenvalue weighted by atomic mass is 16.5. The molecule has 0 saturated heterocycles. The summed E-state index contributed by atoms with van der Waals surface area (Å²) in [6, 6.07) is 20.2. The molecule has 0 saturated carbocycles. The zero-order chi connectivity index (χ0) is 17.2. The van der Waals surface area contributed by atoms with E-state index >= 15 is 0 Å². The lowest BCUT2D eigenvalue weighted by atomic mass is 9.94. The van der Waals surface area contributed by atoms with Gasteiger partial charge in [0.25, 0.3) is 0 Å². The van der Waals surface area contributed by atoms with Crippen LogP contribution >= 0.6 is 0 Å². The molecule has 130 valence electrons. The molecule has 3 nitrogen and oxygen atoms in total. The maximum absolute atomic E-state index is 10.1. The third-order valence-corrected chi connectivity index (χ3v) is 4.29. The quantitative estimate of drug-likeness (QED) is 0.665. The molecule has 2 aromatic carbocycles. The van der Waals surface area contributed by atoms with Crippen LogP contribution in [0.3, 0.4) is 0 Å². The third-order valence-electron chi connectivity index (χ3n) is 4.29. The SMILES string of the molecule is CC(O)[C@@H](CCOCc1ccccc1)[C@@H](C)OCc1ccccc1. The Labute approximate surface area is 145 Å². The van der Waals surface area contributed by atoms with E-state index in [0.29, 0.717) is 19.8 Å². The van der Waals surface area contributed by atoms with Crippen molar-refractivity contribution >= 4 is 0 Å². The smallest absolute Gasteiger partial charge is 0.0720 e. The van der Waals surface area contributed by atoms with Gasteiger partial charge in [0.05, 0.1) is 25.4 Å². The number of aliphatic hydroxyl groups excluding tert-OH is 1. The maximum atomic E-state index is 10.1. The van der Waals surface area contributed by atoms with Crippen molar-refractivity contribution in [1.29, 1.82) is 0 Å². The van der Waals surface area contributed by atoms with Crippen LogP contribution in [0.4, 0.5) is 0 Å². The van der Waals surface area contributed by atoms with Gasteiger partial charge < -0.3 is 14.6 Å². The van der Waals surface area contributed by atoms with Crippen molar-refractivity contribution in [2.24, 2.45) is 5.92 Å². The largest absolute Gasteiger partial charge is 0.393 e. The van der Waals surface area contributed by atoms with E-state index in [1.807, 2.05) is 62.4 Å². The number of hydrogen-bond acceptors (Lipinski definition) is 3. The van der Waals surface area contributed by atoms with Crippen LogP contribution in [0.5, 0.6) is 0 Å². The summed E-state index contributed by atoms with van der Waals surface area (Å²) >= 11 is 0. The van der Waals surface area contributed by atoms with E-state index in [1.165, 1.54) is 5.56 Å². The molecule has 0 spiro atoms. The van der Waals surface area contributed by atoms with Crippen LogP contribution in [-0.4, -0.2) is 23.9 Å². The van der Waals surface area contributed by atoms with Gasteiger partial charge in [-0.2, -0.15) is 0 Å². The van der Waals surface area contributed by atoms with E-state index in [0.717, 1.165) is 12.0 Å². The summed E-state index contributed by atoms with van der Waals surface area (Å²) in [4.78, 5) is 0. The number of hydrogen-bond donors (Lipinski definition) is 1. The first-order valence-corrected chi connectivity index (χ1v) is 8.62. The lowest BCUT2D eigenvalue weighted by Crippen LogP contribution is -2.31. The van der Waals surface area contributed by atoms with E-state index in [2.05, 4.69) is 12.1 Å². The first-order valence-electron chi connectivity index (χ1n) is 8.62. The van der Waals surface area contributed by atoms with E-state index in [1.54, 1.807) is 0 Å². The monoisotopic (exact) mass is 328 g/mol. The molecule has 1 unspecified atom stereocenters. The van der Waals surface area contributed by atoms with Crippen molar-refractivity contribution in [1.82, 2.24) is 0 Å². The lowest BCUT2D eigenvalue weighted by molar-refractivity contribution is -0.0428. The Morgan fingerprint density at radius 2 is 1.38 bits per heavy atom. The minimum absolute atomic E-state index is 0.0227. The predicted octanol–water partition coefficient (Wildman–Crippen LogP) is 4.20. The van der Waals surface area contributed by atoms with Crippen LogP contribution in [0.15, 0.2) is 60.7 Å². The van der Waals surface area contributed by atoms with E-state index < -0.39 is 6.10 Å². The van der Waals surface area contributed by atoms with Gasteiger partial charge >= 0.3 is 0 Å². The fourth-order valence-electron chi connectivity index (χ4n) is 2.78. The average Bonchev–Trinajstić information content (AvgIpc) is 2.61. The van der Waals surface area contributed by atoms with Gasteiger partial charge in [0.2, 0.25) is 0 Å². The van der Waals surface area contributed by atoms with Crippen LogP contribution in [0.25, 0.3) is 0 Å². The van der Waals surface area contributed by atoms with Crippen LogP contribution in [0, 0.1) is 5.92 Å². The standard InChI is InChI=1S/C21H28O3/c1-17(22)21(13-14-23-15-19-9-5-3-6-10-19)18(2)24-16-20-11-7-4-8-12-20/h3-12,17-18,21-22H,13-16H2,1-2H3/t17?,18-,21-/m1/s1. The van der Waals surface area contributed by atoms with Crippen LogP contribution in [-0.2, 0) is 22.7 Å². The second-order valence-corrected chi connectivity index (χ2v) is 6.23. The van der Waals surface area contributed by atoms with Crippen LogP contribution in [0.1, 0.15) is 31.4 Å². The van der Waals surface area contributed by atoms with Gasteiger partial charge in [-0.05, 0) is 31.4 Å². The van der Waals surface area contributed by atoms with Crippen molar-refractivity contribution in [3.63, 3.8) is 0 Å². The van der Waals surface area contributed by atoms with Crippen molar-refractivity contribution < 1.29 is 14.6 Å². The van der Waals surface area contributed by atoms with Crippen molar-refractivity contribution in [3.8, 4) is 0 Å². The lowest BCUT2D eigenvalue weighted by Gasteiger charge is -2.26. The summed E-state index contributed by atoms with van der Waals surface area (Å²) in [6.07, 6.45) is 0.335. The molecular formula is C21H28O3. The average molecular weight is 328 g/mol. The number of ether oxygens (including phenoxy) is 2. The summed E-state index contributed by atoms with van der Waals surface area (Å²) in [5, 5.41) is 10.1. The molecule has 24 heavy (non-hydrogen) atoms. The van der Waals surface area contributed by atoms with Crippen LogP contribution in [0.2, 0.25) is 0 Å². The summed E-state index contributed by atoms with van der Waals surface area (Å²) in [6.45, 7) is 5.63. The van der Waals surface area contributed by atoms with Gasteiger partial charge in [0.15, 0.2) is 0 Å². The van der Waals surface area contributed by atoms with Crippen molar-refractivity contribution in [2.75, 3.05) is 6.61 Å². The highest BCUT2D eigenvalue weighted by molar-refractivity contribution is 5.14. The predicted molar refractivity (Wildman–Crippen MR) is 96.6 cm³/mol. The zero-order valence-corrected chi connectivity index (χ0v) is 14.6. The Morgan fingerprint density at radius 1 is 0.833 bits per heavy atom. The zero-order valence-electron chi connectivity index (χ0n) is 14.6. The molecule has 3 heteroatoms. The summed E-state index contributed by atoms with van der Waals surface area (Å²) < 4.78 is 11.7. The Hall–Kier alpha value is -1.68. The van der Waals surface area contributed by atoms with Crippen LogP contribution < -0.4 is 0 Å². The second kappa shape index (κ2) is 10.2. The third kappa shape index (κ3) is 6.44. The highest BCUT2D eigenvalue weighted by Crippen LogP contribution is 2.19. The summed E-state index contributed by atoms with van der Waals surface area (Å²) in [7, 11) is 0. The maximum Gasteiger partial charge on any atom is 0.0720 e. The molecule has 1 N–H and O–H groups in total. The Morgan fingerprint density at radius 3 is 1.92 bits per heavy atom. The molecule has 0 aromatic heterocycles. The second-order valence-electron chi connectivity index (χ2n) is 6.23. The Bertz CT molecular complexity index is 554. The molecular weight excluding hydrogens is 300 g/mol. The fraction of sp³-hybridized carbons (Fsp3) is 0.429. The molecule has 2 rings (SSSR count). The molecule has 0 aliphatic carbocycles. The molecule has 0 fully saturated rings.